The van der Waals surface area contributed by atoms with Crippen LogP contribution in [0.5, 0.6) is 0 Å². The normalized spacial score (nSPS) is 24.8. The van der Waals surface area contributed by atoms with Crippen LogP contribution in [0.4, 0.5) is 0 Å². The van der Waals surface area contributed by atoms with Gasteiger partial charge in [0.25, 0.3) is 5.91 Å². The summed E-state index contributed by atoms with van der Waals surface area (Å²) in [6.45, 7) is 5.48. The van der Waals surface area contributed by atoms with Gasteiger partial charge in [0.1, 0.15) is 0 Å². The van der Waals surface area contributed by atoms with Gasteiger partial charge in [-0.15, -0.1) is 11.6 Å². The molecule has 2 heterocycles. The Balaban J connectivity index is 2.08. The third-order valence-corrected chi connectivity index (χ3v) is 3.89. The van der Waals surface area contributed by atoms with Gasteiger partial charge in [-0.3, -0.25) is 9.78 Å². The monoisotopic (exact) mass is 252 g/mol. The summed E-state index contributed by atoms with van der Waals surface area (Å²) in [4.78, 5) is 18.2. The third kappa shape index (κ3) is 2.78. The number of likely N-dealkylation sites (tertiary alicyclic amines) is 1. The number of alkyl halides is 1. The molecule has 1 fully saturated rings. The molecule has 0 saturated carbocycles. The van der Waals surface area contributed by atoms with Crippen molar-refractivity contribution in [2.45, 2.75) is 25.6 Å². The van der Waals surface area contributed by atoms with Gasteiger partial charge >= 0.3 is 0 Å². The number of carbonyl (C=O) groups is 1. The van der Waals surface area contributed by atoms with Crippen molar-refractivity contribution in [1.29, 1.82) is 0 Å². The Morgan fingerprint density at radius 2 is 2.29 bits per heavy atom. The Morgan fingerprint density at radius 3 is 2.88 bits per heavy atom. The molecule has 1 aliphatic heterocycles. The first-order chi connectivity index (χ1) is 8.08. The quantitative estimate of drug-likeness (QED) is 0.720. The highest BCUT2D eigenvalue weighted by Gasteiger charge is 2.27. The third-order valence-electron chi connectivity index (χ3n) is 3.25. The molecule has 17 heavy (non-hydrogen) atoms. The minimum Gasteiger partial charge on any atom is -0.338 e. The SMILES string of the molecule is Cc1ccc(C(=O)N2CCC(Cl)C(C)C2)cn1. The Bertz CT molecular complexity index is 404. The molecule has 0 N–H and O–H groups in total. The lowest BCUT2D eigenvalue weighted by Crippen LogP contribution is -2.43. The van der Waals surface area contributed by atoms with Crippen LogP contribution in [0.1, 0.15) is 29.4 Å². The number of carbonyl (C=O) groups excluding carboxylic acids is 1. The molecule has 2 rings (SSSR count). The van der Waals surface area contributed by atoms with Crippen LogP contribution < -0.4 is 0 Å². The largest absolute Gasteiger partial charge is 0.338 e. The number of aryl methyl sites for hydroxylation is 1. The molecular weight excluding hydrogens is 236 g/mol. The van der Waals surface area contributed by atoms with E-state index in [1.54, 1.807) is 6.20 Å². The van der Waals surface area contributed by atoms with Crippen LogP contribution in [0.3, 0.4) is 0 Å². The zero-order valence-corrected chi connectivity index (χ0v) is 10.9. The van der Waals surface area contributed by atoms with Gasteiger partial charge < -0.3 is 4.90 Å². The predicted molar refractivity (Wildman–Crippen MR) is 68.3 cm³/mol. The highest BCUT2D eigenvalue weighted by molar-refractivity contribution is 6.20. The standard InChI is InChI=1S/C13H17ClN2O/c1-9-8-16(6-5-12(9)14)13(17)11-4-3-10(2)15-7-11/h3-4,7,9,12H,5-6,8H2,1-2H3. The van der Waals surface area contributed by atoms with Crippen molar-refractivity contribution in [2.75, 3.05) is 13.1 Å². The summed E-state index contributed by atoms with van der Waals surface area (Å²) in [6.07, 6.45) is 2.52. The summed E-state index contributed by atoms with van der Waals surface area (Å²) in [7, 11) is 0. The van der Waals surface area contributed by atoms with Crippen molar-refractivity contribution in [1.82, 2.24) is 9.88 Å². The van der Waals surface area contributed by atoms with E-state index in [0.717, 1.165) is 25.2 Å². The molecule has 92 valence electrons. The van der Waals surface area contributed by atoms with E-state index >= 15 is 0 Å². The van der Waals surface area contributed by atoms with Crippen LogP contribution in [0.2, 0.25) is 0 Å². The Morgan fingerprint density at radius 1 is 1.53 bits per heavy atom. The van der Waals surface area contributed by atoms with Crippen molar-refractivity contribution < 1.29 is 4.79 Å². The second-order valence-electron chi connectivity index (χ2n) is 4.72. The number of halogens is 1. The number of amides is 1. The lowest BCUT2D eigenvalue weighted by Gasteiger charge is -2.34. The Kier molecular flexibility index (Phi) is 3.67. The van der Waals surface area contributed by atoms with Crippen LogP contribution in [0, 0.1) is 12.8 Å². The van der Waals surface area contributed by atoms with E-state index in [-0.39, 0.29) is 11.3 Å². The molecular formula is C13H17ClN2O. The van der Waals surface area contributed by atoms with Crippen LogP contribution in [0.15, 0.2) is 18.3 Å². The molecule has 2 unspecified atom stereocenters. The first-order valence-corrected chi connectivity index (χ1v) is 6.37. The Hall–Kier alpha value is -1.09. The first kappa shape index (κ1) is 12.4. The molecule has 1 aliphatic rings. The summed E-state index contributed by atoms with van der Waals surface area (Å²) < 4.78 is 0. The van der Waals surface area contributed by atoms with Crippen molar-refractivity contribution in [3.05, 3.63) is 29.6 Å². The summed E-state index contributed by atoms with van der Waals surface area (Å²) in [5.41, 5.74) is 1.59. The van der Waals surface area contributed by atoms with E-state index in [1.807, 2.05) is 24.0 Å². The molecule has 1 aromatic rings. The minimum absolute atomic E-state index is 0.0629. The van der Waals surface area contributed by atoms with Gasteiger partial charge in [-0.2, -0.15) is 0 Å². The lowest BCUT2D eigenvalue weighted by atomic mass is 9.99. The molecule has 2 atom stereocenters. The zero-order valence-electron chi connectivity index (χ0n) is 10.2. The van der Waals surface area contributed by atoms with Gasteiger partial charge in [0.05, 0.1) is 5.56 Å². The minimum atomic E-state index is 0.0629. The van der Waals surface area contributed by atoms with Gasteiger partial charge in [0.15, 0.2) is 0 Å². The van der Waals surface area contributed by atoms with Gasteiger partial charge in [-0.25, -0.2) is 0 Å². The number of hydrogen-bond acceptors (Lipinski definition) is 2. The second-order valence-corrected chi connectivity index (χ2v) is 5.28. The van der Waals surface area contributed by atoms with Crippen molar-refractivity contribution in [2.24, 2.45) is 5.92 Å². The van der Waals surface area contributed by atoms with Crippen molar-refractivity contribution >= 4 is 17.5 Å². The summed E-state index contributed by atoms with van der Waals surface area (Å²) in [6, 6.07) is 3.70. The number of piperidine rings is 1. The molecule has 1 saturated heterocycles. The van der Waals surface area contributed by atoms with Crippen LogP contribution in [-0.4, -0.2) is 34.3 Å². The topological polar surface area (TPSA) is 33.2 Å². The molecule has 4 heteroatoms. The second kappa shape index (κ2) is 5.05. The predicted octanol–water partition coefficient (Wildman–Crippen LogP) is 2.48. The van der Waals surface area contributed by atoms with Crippen LogP contribution in [-0.2, 0) is 0 Å². The fourth-order valence-corrected chi connectivity index (χ4v) is 2.26. The van der Waals surface area contributed by atoms with Gasteiger partial charge in [0, 0.05) is 30.4 Å². The van der Waals surface area contributed by atoms with Crippen LogP contribution >= 0.6 is 11.6 Å². The number of aromatic nitrogens is 1. The molecule has 0 aliphatic carbocycles. The summed E-state index contributed by atoms with van der Waals surface area (Å²) in [5.74, 6) is 0.417. The fourth-order valence-electron chi connectivity index (χ4n) is 2.08. The summed E-state index contributed by atoms with van der Waals surface area (Å²) >= 11 is 6.15. The van der Waals surface area contributed by atoms with E-state index in [0.29, 0.717) is 11.5 Å². The number of pyridine rings is 1. The molecule has 0 aromatic carbocycles. The van der Waals surface area contributed by atoms with E-state index in [2.05, 4.69) is 11.9 Å². The average molecular weight is 253 g/mol. The van der Waals surface area contributed by atoms with E-state index < -0.39 is 0 Å². The highest BCUT2D eigenvalue weighted by Crippen LogP contribution is 2.22. The molecule has 0 spiro atoms. The summed E-state index contributed by atoms with van der Waals surface area (Å²) in [5, 5.41) is 0.190. The van der Waals surface area contributed by atoms with E-state index in [4.69, 9.17) is 11.6 Å². The maximum absolute atomic E-state index is 12.2. The smallest absolute Gasteiger partial charge is 0.255 e. The highest BCUT2D eigenvalue weighted by atomic mass is 35.5. The Labute approximate surface area is 107 Å². The van der Waals surface area contributed by atoms with Crippen LogP contribution in [0.25, 0.3) is 0 Å². The molecule has 1 aromatic heterocycles. The zero-order chi connectivity index (χ0) is 12.4. The molecule has 0 radical (unpaired) electrons. The molecule has 0 bridgehead atoms. The van der Waals surface area contributed by atoms with Crippen molar-refractivity contribution in [3.63, 3.8) is 0 Å². The van der Waals surface area contributed by atoms with Gasteiger partial charge in [-0.05, 0) is 31.4 Å². The maximum Gasteiger partial charge on any atom is 0.255 e. The maximum atomic E-state index is 12.2. The number of nitrogens with zero attached hydrogens (tertiary/aromatic N) is 2. The number of rotatable bonds is 1. The molecule has 3 nitrogen and oxygen atoms in total. The van der Waals surface area contributed by atoms with Gasteiger partial charge in [-0.1, -0.05) is 6.92 Å². The van der Waals surface area contributed by atoms with Crippen molar-refractivity contribution in [3.8, 4) is 0 Å². The fraction of sp³-hybridized carbons (Fsp3) is 0.538. The van der Waals surface area contributed by atoms with Gasteiger partial charge in [0.2, 0.25) is 0 Å². The number of hydrogen-bond donors (Lipinski definition) is 0. The molecule has 1 amide bonds. The average Bonchev–Trinajstić information content (AvgIpc) is 2.33. The lowest BCUT2D eigenvalue weighted by molar-refractivity contribution is 0.0686. The van der Waals surface area contributed by atoms with E-state index in [9.17, 15) is 4.79 Å². The first-order valence-electron chi connectivity index (χ1n) is 5.94. The van der Waals surface area contributed by atoms with E-state index in [1.165, 1.54) is 0 Å².